The molecule has 2 aromatic heterocycles. The van der Waals surface area contributed by atoms with Gasteiger partial charge in [-0.3, -0.25) is 0 Å². The van der Waals surface area contributed by atoms with E-state index >= 15 is 0 Å². The lowest BCUT2D eigenvalue weighted by Gasteiger charge is -2.22. The van der Waals surface area contributed by atoms with E-state index in [-0.39, 0.29) is 0 Å². The van der Waals surface area contributed by atoms with Crippen LogP contribution in [0.15, 0.2) is 28.3 Å². The van der Waals surface area contributed by atoms with Gasteiger partial charge in [-0.15, -0.1) is 11.3 Å². The SMILES string of the molecule is CCN(Cc1cccs1)c1ncnc(Cl)c1Br. The number of nitrogens with zero attached hydrogens (tertiary/aromatic N) is 3. The van der Waals surface area contributed by atoms with Crippen LogP contribution in [0.25, 0.3) is 0 Å². The second-order valence-corrected chi connectivity index (χ2v) is 5.58. The maximum Gasteiger partial charge on any atom is 0.148 e. The van der Waals surface area contributed by atoms with Gasteiger partial charge in [0.05, 0.1) is 11.0 Å². The summed E-state index contributed by atoms with van der Waals surface area (Å²) >= 11 is 11.1. The fourth-order valence-corrected chi connectivity index (χ4v) is 2.79. The number of hydrogen-bond donors (Lipinski definition) is 0. The Balaban J connectivity index is 2.26. The normalized spacial score (nSPS) is 10.5. The molecule has 0 amide bonds. The van der Waals surface area contributed by atoms with Crippen LogP contribution >= 0.6 is 38.9 Å². The fourth-order valence-electron chi connectivity index (χ4n) is 1.49. The van der Waals surface area contributed by atoms with Gasteiger partial charge in [0.2, 0.25) is 0 Å². The van der Waals surface area contributed by atoms with Crippen molar-refractivity contribution in [3.05, 3.63) is 38.3 Å². The minimum atomic E-state index is 0.444. The molecule has 17 heavy (non-hydrogen) atoms. The maximum atomic E-state index is 5.97. The minimum absolute atomic E-state index is 0.444. The van der Waals surface area contributed by atoms with E-state index in [1.807, 2.05) is 0 Å². The lowest BCUT2D eigenvalue weighted by Crippen LogP contribution is -2.23. The van der Waals surface area contributed by atoms with Crippen molar-refractivity contribution in [3.63, 3.8) is 0 Å². The highest BCUT2D eigenvalue weighted by atomic mass is 79.9. The van der Waals surface area contributed by atoms with Crippen molar-refractivity contribution in [1.82, 2.24) is 9.97 Å². The van der Waals surface area contributed by atoms with Crippen LogP contribution in [0, 0.1) is 0 Å². The molecule has 0 N–H and O–H groups in total. The summed E-state index contributed by atoms with van der Waals surface area (Å²) in [5, 5.41) is 2.52. The average Bonchev–Trinajstić information content (AvgIpc) is 2.83. The van der Waals surface area contributed by atoms with Gasteiger partial charge in [0.25, 0.3) is 0 Å². The smallest absolute Gasteiger partial charge is 0.148 e. The molecule has 0 aliphatic heterocycles. The van der Waals surface area contributed by atoms with E-state index in [1.165, 1.54) is 11.2 Å². The molecule has 0 fully saturated rings. The van der Waals surface area contributed by atoms with E-state index in [4.69, 9.17) is 11.6 Å². The second-order valence-electron chi connectivity index (χ2n) is 3.40. The molecule has 0 aliphatic carbocycles. The molecular weight excluding hydrogens is 322 g/mol. The highest BCUT2D eigenvalue weighted by Crippen LogP contribution is 2.30. The van der Waals surface area contributed by atoms with E-state index in [9.17, 15) is 0 Å². The van der Waals surface area contributed by atoms with E-state index in [2.05, 4.69) is 55.2 Å². The molecule has 3 nitrogen and oxygen atoms in total. The lowest BCUT2D eigenvalue weighted by molar-refractivity contribution is 0.815. The van der Waals surface area contributed by atoms with Crippen molar-refractivity contribution < 1.29 is 0 Å². The summed E-state index contributed by atoms with van der Waals surface area (Å²) in [5.41, 5.74) is 0. The molecule has 0 spiro atoms. The van der Waals surface area contributed by atoms with Crippen LogP contribution in [-0.2, 0) is 6.54 Å². The zero-order chi connectivity index (χ0) is 12.3. The van der Waals surface area contributed by atoms with Crippen molar-refractivity contribution in [1.29, 1.82) is 0 Å². The third-order valence-electron chi connectivity index (χ3n) is 2.34. The Hall–Kier alpha value is -0.650. The van der Waals surface area contributed by atoms with E-state index in [1.54, 1.807) is 11.3 Å². The number of anilines is 1. The van der Waals surface area contributed by atoms with Crippen molar-refractivity contribution in [2.24, 2.45) is 0 Å². The van der Waals surface area contributed by atoms with E-state index in [0.29, 0.717) is 5.15 Å². The summed E-state index contributed by atoms with van der Waals surface area (Å²) in [6.45, 7) is 3.79. The van der Waals surface area contributed by atoms with Gasteiger partial charge in [0.15, 0.2) is 0 Å². The van der Waals surface area contributed by atoms with Crippen LogP contribution in [-0.4, -0.2) is 16.5 Å². The first-order chi connectivity index (χ1) is 8.22. The Kier molecular flexibility index (Phi) is 4.36. The van der Waals surface area contributed by atoms with Gasteiger partial charge in [-0.25, -0.2) is 9.97 Å². The molecule has 2 aromatic rings. The molecule has 0 aromatic carbocycles. The number of thiophene rings is 1. The largest absolute Gasteiger partial charge is 0.351 e. The Bertz CT molecular complexity index is 489. The zero-order valence-electron chi connectivity index (χ0n) is 9.23. The van der Waals surface area contributed by atoms with Gasteiger partial charge in [-0.1, -0.05) is 17.7 Å². The number of rotatable bonds is 4. The number of halogens is 2. The third-order valence-corrected chi connectivity index (χ3v) is 4.44. The van der Waals surface area contributed by atoms with Gasteiger partial charge in [-0.05, 0) is 34.3 Å². The van der Waals surface area contributed by atoms with Gasteiger partial charge in [0.1, 0.15) is 17.3 Å². The summed E-state index contributed by atoms with van der Waals surface area (Å²) in [6, 6.07) is 4.17. The Morgan fingerprint density at radius 1 is 1.47 bits per heavy atom. The van der Waals surface area contributed by atoms with Crippen LogP contribution in [0.5, 0.6) is 0 Å². The average molecular weight is 333 g/mol. The van der Waals surface area contributed by atoms with Gasteiger partial charge in [0, 0.05) is 11.4 Å². The van der Waals surface area contributed by atoms with Crippen molar-refractivity contribution in [2.45, 2.75) is 13.5 Å². The standard InChI is InChI=1S/C11H11BrClN3S/c1-2-16(6-8-4-3-5-17-8)11-9(12)10(13)14-7-15-11/h3-5,7H,2,6H2,1H3. The van der Waals surface area contributed by atoms with Crippen LogP contribution in [0.3, 0.4) is 0 Å². The van der Waals surface area contributed by atoms with Gasteiger partial charge < -0.3 is 4.90 Å². The molecular formula is C11H11BrClN3S. The summed E-state index contributed by atoms with van der Waals surface area (Å²) in [7, 11) is 0. The Labute approximate surface area is 118 Å². The molecule has 0 aliphatic rings. The first-order valence-corrected chi connectivity index (χ1v) is 7.20. The highest BCUT2D eigenvalue weighted by molar-refractivity contribution is 9.10. The first-order valence-electron chi connectivity index (χ1n) is 5.15. The minimum Gasteiger partial charge on any atom is -0.351 e. The van der Waals surface area contributed by atoms with Crippen molar-refractivity contribution in [3.8, 4) is 0 Å². The predicted octanol–water partition coefficient (Wildman–Crippen LogP) is 3.98. The van der Waals surface area contributed by atoms with Crippen molar-refractivity contribution in [2.75, 3.05) is 11.4 Å². The maximum absolute atomic E-state index is 5.97. The first kappa shape index (κ1) is 12.8. The Morgan fingerprint density at radius 2 is 2.29 bits per heavy atom. The molecule has 6 heteroatoms. The molecule has 0 unspecified atom stereocenters. The Morgan fingerprint density at radius 3 is 2.94 bits per heavy atom. The van der Waals surface area contributed by atoms with Gasteiger partial charge in [-0.2, -0.15) is 0 Å². The van der Waals surface area contributed by atoms with Gasteiger partial charge >= 0.3 is 0 Å². The predicted molar refractivity (Wildman–Crippen MR) is 75.8 cm³/mol. The third kappa shape index (κ3) is 2.97. The lowest BCUT2D eigenvalue weighted by atomic mass is 10.4. The summed E-state index contributed by atoms with van der Waals surface area (Å²) in [4.78, 5) is 11.7. The molecule has 0 atom stereocenters. The monoisotopic (exact) mass is 331 g/mol. The van der Waals surface area contributed by atoms with E-state index < -0.39 is 0 Å². The summed E-state index contributed by atoms with van der Waals surface area (Å²) in [6.07, 6.45) is 1.49. The quantitative estimate of drug-likeness (QED) is 0.793. The zero-order valence-corrected chi connectivity index (χ0v) is 12.4. The van der Waals surface area contributed by atoms with Crippen LogP contribution in [0.2, 0.25) is 5.15 Å². The van der Waals surface area contributed by atoms with E-state index in [0.717, 1.165) is 23.4 Å². The molecule has 0 bridgehead atoms. The summed E-state index contributed by atoms with van der Waals surface area (Å²) < 4.78 is 0.750. The topological polar surface area (TPSA) is 29.0 Å². The fraction of sp³-hybridized carbons (Fsp3) is 0.273. The second kappa shape index (κ2) is 5.80. The molecule has 0 saturated heterocycles. The molecule has 2 rings (SSSR count). The number of aromatic nitrogens is 2. The summed E-state index contributed by atoms with van der Waals surface area (Å²) in [5.74, 6) is 0.834. The van der Waals surface area contributed by atoms with Crippen molar-refractivity contribution >= 4 is 44.7 Å². The van der Waals surface area contributed by atoms with Crippen LogP contribution in [0.1, 0.15) is 11.8 Å². The van der Waals surface area contributed by atoms with Crippen LogP contribution in [0.4, 0.5) is 5.82 Å². The molecule has 0 saturated carbocycles. The van der Waals surface area contributed by atoms with Crippen LogP contribution < -0.4 is 4.90 Å². The molecule has 90 valence electrons. The number of hydrogen-bond acceptors (Lipinski definition) is 4. The highest BCUT2D eigenvalue weighted by Gasteiger charge is 2.13. The molecule has 0 radical (unpaired) electrons. The molecule has 2 heterocycles.